The maximum Gasteiger partial charge on any atom is 0.277 e. The standard InChI is InChI=1S/C21H21N3O3S/c1-14-6-3-4-8-17(14)20-22-23-21(27-20)28-13-19(25)24-11-5-7-15-12-16(26-2)9-10-18(15)24/h3-4,6,8-10,12H,5,7,11,13H2,1-2H3. The van der Waals surface area contributed by atoms with E-state index in [4.69, 9.17) is 9.15 Å². The average Bonchev–Trinajstić information content (AvgIpc) is 3.20. The second kappa shape index (κ2) is 8.06. The smallest absolute Gasteiger partial charge is 0.277 e. The number of fused-ring (bicyclic) bond motifs is 1. The van der Waals surface area contributed by atoms with E-state index in [0.717, 1.165) is 47.5 Å². The molecule has 28 heavy (non-hydrogen) atoms. The minimum absolute atomic E-state index is 0.0340. The normalized spacial score (nSPS) is 13.3. The van der Waals surface area contributed by atoms with Gasteiger partial charge in [-0.05, 0) is 55.2 Å². The first-order valence-corrected chi connectivity index (χ1v) is 10.1. The third kappa shape index (κ3) is 3.75. The molecule has 0 spiro atoms. The number of ether oxygens (including phenoxy) is 1. The van der Waals surface area contributed by atoms with Gasteiger partial charge >= 0.3 is 0 Å². The van der Waals surface area contributed by atoms with Crippen molar-refractivity contribution in [1.82, 2.24) is 10.2 Å². The first kappa shape index (κ1) is 18.6. The molecule has 1 aliphatic rings. The lowest BCUT2D eigenvalue weighted by atomic mass is 10.0. The Balaban J connectivity index is 1.44. The highest BCUT2D eigenvalue weighted by molar-refractivity contribution is 7.99. The molecular weight excluding hydrogens is 374 g/mol. The number of carbonyl (C=O) groups is 1. The van der Waals surface area contributed by atoms with Crippen molar-refractivity contribution < 1.29 is 13.9 Å². The second-order valence-corrected chi connectivity index (χ2v) is 7.55. The fourth-order valence-corrected chi connectivity index (χ4v) is 3.99. The number of hydrogen-bond donors (Lipinski definition) is 0. The van der Waals surface area contributed by atoms with Crippen LogP contribution < -0.4 is 9.64 Å². The van der Waals surface area contributed by atoms with Gasteiger partial charge < -0.3 is 14.1 Å². The molecule has 4 rings (SSSR count). The van der Waals surface area contributed by atoms with Crippen LogP contribution in [0.2, 0.25) is 0 Å². The van der Waals surface area contributed by atoms with Gasteiger partial charge in [0.05, 0.1) is 12.9 Å². The summed E-state index contributed by atoms with van der Waals surface area (Å²) in [6, 6.07) is 13.7. The summed E-state index contributed by atoms with van der Waals surface area (Å²) in [4.78, 5) is 14.6. The molecular formula is C21H21N3O3S. The van der Waals surface area contributed by atoms with Crippen LogP contribution >= 0.6 is 11.8 Å². The maximum atomic E-state index is 12.8. The number of hydrogen-bond acceptors (Lipinski definition) is 6. The number of thioether (sulfide) groups is 1. The Morgan fingerprint density at radius 1 is 1.25 bits per heavy atom. The Bertz CT molecular complexity index is 1000. The van der Waals surface area contributed by atoms with Crippen molar-refractivity contribution in [3.05, 3.63) is 53.6 Å². The molecule has 0 bridgehead atoms. The molecule has 0 unspecified atom stereocenters. The van der Waals surface area contributed by atoms with E-state index >= 15 is 0 Å². The van der Waals surface area contributed by atoms with E-state index < -0.39 is 0 Å². The molecule has 144 valence electrons. The lowest BCUT2D eigenvalue weighted by Gasteiger charge is -2.29. The third-order valence-electron chi connectivity index (χ3n) is 4.81. The van der Waals surface area contributed by atoms with Crippen LogP contribution in [0.4, 0.5) is 5.69 Å². The Kier molecular flexibility index (Phi) is 5.34. The van der Waals surface area contributed by atoms with E-state index in [-0.39, 0.29) is 11.7 Å². The second-order valence-electron chi connectivity index (χ2n) is 6.62. The van der Waals surface area contributed by atoms with Crippen molar-refractivity contribution in [3.8, 4) is 17.2 Å². The molecule has 0 radical (unpaired) electrons. The van der Waals surface area contributed by atoms with Gasteiger partial charge in [-0.2, -0.15) is 0 Å². The number of methoxy groups -OCH3 is 1. The van der Waals surface area contributed by atoms with Crippen LogP contribution in [0.25, 0.3) is 11.5 Å². The molecule has 2 heterocycles. The highest BCUT2D eigenvalue weighted by atomic mass is 32.2. The number of anilines is 1. The topological polar surface area (TPSA) is 68.5 Å². The number of carbonyl (C=O) groups excluding carboxylic acids is 1. The molecule has 0 fully saturated rings. The summed E-state index contributed by atoms with van der Waals surface area (Å²) in [5, 5.41) is 8.59. The van der Waals surface area contributed by atoms with Gasteiger partial charge in [0.1, 0.15) is 5.75 Å². The first-order valence-electron chi connectivity index (χ1n) is 9.15. The number of benzene rings is 2. The van der Waals surface area contributed by atoms with Crippen LogP contribution in [0, 0.1) is 6.92 Å². The molecule has 3 aromatic rings. The Morgan fingerprint density at radius 2 is 2.11 bits per heavy atom. The maximum absolute atomic E-state index is 12.8. The van der Waals surface area contributed by atoms with Gasteiger partial charge in [0, 0.05) is 17.8 Å². The molecule has 0 N–H and O–H groups in total. The monoisotopic (exact) mass is 395 g/mol. The zero-order chi connectivity index (χ0) is 19.5. The van der Waals surface area contributed by atoms with Gasteiger partial charge in [-0.25, -0.2) is 0 Å². The number of aryl methyl sites for hydroxylation is 2. The van der Waals surface area contributed by atoms with Crippen molar-refractivity contribution in [2.45, 2.75) is 25.0 Å². The highest BCUT2D eigenvalue weighted by Gasteiger charge is 2.23. The van der Waals surface area contributed by atoms with Gasteiger partial charge in [-0.1, -0.05) is 30.0 Å². The third-order valence-corrected chi connectivity index (χ3v) is 5.61. The Labute approximate surface area is 167 Å². The Hall–Kier alpha value is -2.80. The SMILES string of the molecule is COc1ccc2c(c1)CCCN2C(=O)CSc1nnc(-c2ccccc2C)o1. The van der Waals surface area contributed by atoms with Crippen molar-refractivity contribution in [3.63, 3.8) is 0 Å². The lowest BCUT2D eigenvalue weighted by Crippen LogP contribution is -2.36. The van der Waals surface area contributed by atoms with Gasteiger partial charge in [0.15, 0.2) is 0 Å². The van der Waals surface area contributed by atoms with E-state index in [2.05, 4.69) is 10.2 Å². The molecule has 0 atom stereocenters. The summed E-state index contributed by atoms with van der Waals surface area (Å²) in [6.45, 7) is 2.72. The fraction of sp³-hybridized carbons (Fsp3) is 0.286. The first-order chi connectivity index (χ1) is 13.7. The lowest BCUT2D eigenvalue weighted by molar-refractivity contribution is -0.116. The quantitative estimate of drug-likeness (QED) is 0.605. The highest BCUT2D eigenvalue weighted by Crippen LogP contribution is 2.32. The molecule has 2 aromatic carbocycles. The van der Waals surface area contributed by atoms with Crippen LogP contribution in [-0.4, -0.2) is 35.5 Å². The van der Waals surface area contributed by atoms with Gasteiger partial charge in [0.2, 0.25) is 11.8 Å². The summed E-state index contributed by atoms with van der Waals surface area (Å²) in [6.07, 6.45) is 1.89. The molecule has 1 aromatic heterocycles. The Morgan fingerprint density at radius 3 is 2.93 bits per heavy atom. The van der Waals surface area contributed by atoms with Crippen LogP contribution in [-0.2, 0) is 11.2 Å². The molecule has 0 saturated heterocycles. The van der Waals surface area contributed by atoms with E-state index in [0.29, 0.717) is 11.1 Å². The molecule has 7 heteroatoms. The van der Waals surface area contributed by atoms with E-state index in [9.17, 15) is 4.79 Å². The van der Waals surface area contributed by atoms with Crippen LogP contribution in [0.5, 0.6) is 5.75 Å². The minimum atomic E-state index is 0.0340. The van der Waals surface area contributed by atoms with Gasteiger partial charge in [-0.15, -0.1) is 10.2 Å². The van der Waals surface area contributed by atoms with Crippen LogP contribution in [0.1, 0.15) is 17.5 Å². The molecule has 1 amide bonds. The predicted molar refractivity (Wildman–Crippen MR) is 109 cm³/mol. The number of rotatable bonds is 5. The summed E-state index contributed by atoms with van der Waals surface area (Å²) >= 11 is 1.27. The van der Waals surface area contributed by atoms with E-state index in [1.54, 1.807) is 7.11 Å². The van der Waals surface area contributed by atoms with E-state index in [1.807, 2.05) is 54.3 Å². The fourth-order valence-electron chi connectivity index (χ4n) is 3.35. The van der Waals surface area contributed by atoms with E-state index in [1.165, 1.54) is 11.8 Å². The zero-order valence-electron chi connectivity index (χ0n) is 15.8. The number of aromatic nitrogens is 2. The van der Waals surface area contributed by atoms with Gasteiger partial charge in [0.25, 0.3) is 5.22 Å². The average molecular weight is 395 g/mol. The summed E-state index contributed by atoms with van der Waals surface area (Å²) in [7, 11) is 1.65. The molecule has 0 saturated carbocycles. The van der Waals surface area contributed by atoms with Crippen molar-refractivity contribution in [1.29, 1.82) is 0 Å². The van der Waals surface area contributed by atoms with Crippen molar-refractivity contribution in [2.75, 3.05) is 24.3 Å². The largest absolute Gasteiger partial charge is 0.497 e. The minimum Gasteiger partial charge on any atom is -0.497 e. The molecule has 6 nitrogen and oxygen atoms in total. The van der Waals surface area contributed by atoms with Crippen LogP contribution in [0.15, 0.2) is 52.1 Å². The summed E-state index contributed by atoms with van der Waals surface area (Å²) in [5.41, 5.74) is 4.08. The number of nitrogens with zero attached hydrogens (tertiary/aromatic N) is 3. The predicted octanol–water partition coefficient (Wildman–Crippen LogP) is 4.13. The van der Waals surface area contributed by atoms with Crippen molar-refractivity contribution in [2.24, 2.45) is 0 Å². The molecule has 0 aliphatic carbocycles. The zero-order valence-corrected chi connectivity index (χ0v) is 16.7. The summed E-state index contributed by atoms with van der Waals surface area (Å²) < 4.78 is 11.0. The molecule has 1 aliphatic heterocycles. The van der Waals surface area contributed by atoms with Gasteiger partial charge in [-0.3, -0.25) is 4.79 Å². The van der Waals surface area contributed by atoms with Crippen molar-refractivity contribution >= 4 is 23.4 Å². The number of amides is 1. The summed E-state index contributed by atoms with van der Waals surface area (Å²) in [5.74, 6) is 1.58. The van der Waals surface area contributed by atoms with Crippen LogP contribution in [0.3, 0.4) is 0 Å².